The summed E-state index contributed by atoms with van der Waals surface area (Å²) in [6.45, 7) is 2.09. The highest BCUT2D eigenvalue weighted by Crippen LogP contribution is 2.26. The van der Waals surface area contributed by atoms with E-state index in [4.69, 9.17) is 0 Å². The Labute approximate surface area is 116 Å². The summed E-state index contributed by atoms with van der Waals surface area (Å²) in [6.07, 6.45) is 7.62. The van der Waals surface area contributed by atoms with Crippen LogP contribution < -0.4 is 0 Å². The van der Waals surface area contributed by atoms with Crippen molar-refractivity contribution in [2.45, 2.75) is 6.92 Å². The summed E-state index contributed by atoms with van der Waals surface area (Å²) < 4.78 is 0. The van der Waals surface area contributed by atoms with E-state index in [0.717, 1.165) is 16.6 Å². The van der Waals surface area contributed by atoms with Gasteiger partial charge in [-0.05, 0) is 41.6 Å². The highest BCUT2D eigenvalue weighted by atomic mass is 14.8. The highest BCUT2D eigenvalue weighted by Gasteiger charge is 2.05. The number of fused-ring (bicyclic) bond motifs is 2. The molecule has 1 N–H and O–H groups in total. The van der Waals surface area contributed by atoms with Gasteiger partial charge < -0.3 is 4.98 Å². The van der Waals surface area contributed by atoms with Crippen LogP contribution in [-0.4, -0.2) is 15.0 Å². The van der Waals surface area contributed by atoms with Gasteiger partial charge in [-0.1, -0.05) is 12.1 Å². The van der Waals surface area contributed by atoms with Crippen molar-refractivity contribution in [2.24, 2.45) is 0 Å². The second-order valence-corrected chi connectivity index (χ2v) is 5.03. The standard InChI is InChI=1S/C17H13N3/c1-11-8-19-17-16(11)7-15(10-20-17)12-2-3-14-9-18-5-4-13(14)6-12/h2-10H,1H3,(H,19,20). The number of aromatic nitrogens is 3. The second-order valence-electron chi connectivity index (χ2n) is 5.03. The monoisotopic (exact) mass is 259 g/mol. The van der Waals surface area contributed by atoms with Gasteiger partial charge in [-0.25, -0.2) is 4.98 Å². The van der Waals surface area contributed by atoms with Crippen molar-refractivity contribution in [1.82, 2.24) is 15.0 Å². The number of hydrogen-bond donors (Lipinski definition) is 1. The van der Waals surface area contributed by atoms with Crippen molar-refractivity contribution in [3.8, 4) is 11.1 Å². The third kappa shape index (κ3) is 1.67. The summed E-state index contributed by atoms with van der Waals surface area (Å²) in [5.41, 5.74) is 4.48. The summed E-state index contributed by atoms with van der Waals surface area (Å²) in [5, 5.41) is 3.53. The Morgan fingerprint density at radius 3 is 2.85 bits per heavy atom. The minimum atomic E-state index is 0.941. The molecule has 0 spiro atoms. The van der Waals surface area contributed by atoms with Crippen molar-refractivity contribution in [1.29, 1.82) is 0 Å². The minimum absolute atomic E-state index is 0.941. The molecule has 0 aliphatic rings. The third-order valence-corrected chi connectivity index (χ3v) is 3.71. The molecule has 3 nitrogen and oxygen atoms in total. The fraction of sp³-hybridized carbons (Fsp3) is 0.0588. The zero-order valence-electron chi connectivity index (χ0n) is 11.1. The van der Waals surface area contributed by atoms with Crippen LogP contribution in [0, 0.1) is 6.92 Å². The van der Waals surface area contributed by atoms with Crippen molar-refractivity contribution >= 4 is 21.8 Å². The molecule has 4 aromatic rings. The maximum Gasteiger partial charge on any atom is 0.137 e. The smallest absolute Gasteiger partial charge is 0.137 e. The molecule has 0 radical (unpaired) electrons. The molecule has 3 heterocycles. The Balaban J connectivity index is 1.93. The fourth-order valence-corrected chi connectivity index (χ4v) is 2.56. The lowest BCUT2D eigenvalue weighted by Gasteiger charge is -2.04. The van der Waals surface area contributed by atoms with Gasteiger partial charge in [0, 0.05) is 41.1 Å². The molecule has 1 aromatic carbocycles. The van der Waals surface area contributed by atoms with E-state index in [1.54, 1.807) is 0 Å². The molecule has 0 amide bonds. The lowest BCUT2D eigenvalue weighted by Crippen LogP contribution is -1.83. The molecule has 96 valence electrons. The zero-order chi connectivity index (χ0) is 13.5. The molecule has 0 unspecified atom stereocenters. The summed E-state index contributed by atoms with van der Waals surface area (Å²) in [7, 11) is 0. The number of nitrogens with zero attached hydrogens (tertiary/aromatic N) is 2. The molecule has 0 aliphatic carbocycles. The summed E-state index contributed by atoms with van der Waals surface area (Å²) in [5.74, 6) is 0. The average molecular weight is 259 g/mol. The number of H-pyrrole nitrogens is 1. The molecule has 0 aliphatic heterocycles. The topological polar surface area (TPSA) is 41.6 Å². The molecule has 20 heavy (non-hydrogen) atoms. The number of benzene rings is 1. The predicted molar refractivity (Wildman–Crippen MR) is 81.6 cm³/mol. The van der Waals surface area contributed by atoms with Crippen LogP contribution in [0.15, 0.2) is 55.1 Å². The Morgan fingerprint density at radius 2 is 1.90 bits per heavy atom. The number of rotatable bonds is 1. The number of hydrogen-bond acceptors (Lipinski definition) is 2. The van der Waals surface area contributed by atoms with E-state index in [2.05, 4.69) is 46.1 Å². The van der Waals surface area contributed by atoms with E-state index in [9.17, 15) is 0 Å². The number of aromatic amines is 1. The van der Waals surface area contributed by atoms with Gasteiger partial charge in [0.1, 0.15) is 5.65 Å². The van der Waals surface area contributed by atoms with Gasteiger partial charge in [-0.3, -0.25) is 4.98 Å². The van der Waals surface area contributed by atoms with Crippen molar-refractivity contribution in [3.05, 3.63) is 60.7 Å². The molecule has 0 bridgehead atoms. The Hall–Kier alpha value is -2.68. The van der Waals surface area contributed by atoms with Gasteiger partial charge in [0.25, 0.3) is 0 Å². The Kier molecular flexibility index (Phi) is 2.33. The van der Waals surface area contributed by atoms with Crippen LogP contribution in [0.25, 0.3) is 32.9 Å². The van der Waals surface area contributed by atoms with Gasteiger partial charge >= 0.3 is 0 Å². The van der Waals surface area contributed by atoms with Crippen LogP contribution in [0.3, 0.4) is 0 Å². The molecule has 0 saturated carbocycles. The maximum absolute atomic E-state index is 4.49. The molecule has 4 rings (SSSR count). The molecular weight excluding hydrogens is 246 g/mol. The first kappa shape index (κ1) is 11.2. The maximum atomic E-state index is 4.49. The van der Waals surface area contributed by atoms with E-state index in [1.165, 1.54) is 21.9 Å². The van der Waals surface area contributed by atoms with E-state index in [-0.39, 0.29) is 0 Å². The van der Waals surface area contributed by atoms with Crippen molar-refractivity contribution < 1.29 is 0 Å². The fourth-order valence-electron chi connectivity index (χ4n) is 2.56. The van der Waals surface area contributed by atoms with Crippen LogP contribution in [0.5, 0.6) is 0 Å². The quantitative estimate of drug-likeness (QED) is 0.559. The Bertz CT molecular complexity index is 922. The summed E-state index contributed by atoms with van der Waals surface area (Å²) in [4.78, 5) is 11.8. The van der Waals surface area contributed by atoms with E-state index >= 15 is 0 Å². The zero-order valence-corrected chi connectivity index (χ0v) is 11.1. The lowest BCUT2D eigenvalue weighted by molar-refractivity contribution is 1.32. The molecule has 3 heteroatoms. The third-order valence-electron chi connectivity index (χ3n) is 3.71. The van der Waals surface area contributed by atoms with E-state index in [0.29, 0.717) is 0 Å². The number of aryl methyl sites for hydroxylation is 1. The van der Waals surface area contributed by atoms with E-state index in [1.807, 2.05) is 30.9 Å². The predicted octanol–water partition coefficient (Wildman–Crippen LogP) is 4.09. The molecule has 0 saturated heterocycles. The van der Waals surface area contributed by atoms with Crippen molar-refractivity contribution in [3.63, 3.8) is 0 Å². The number of nitrogens with one attached hydrogen (secondary N) is 1. The minimum Gasteiger partial charge on any atom is -0.346 e. The molecule has 0 atom stereocenters. The summed E-state index contributed by atoms with van der Waals surface area (Å²) >= 11 is 0. The van der Waals surface area contributed by atoms with Crippen LogP contribution in [0.1, 0.15) is 5.56 Å². The van der Waals surface area contributed by atoms with Gasteiger partial charge in [-0.15, -0.1) is 0 Å². The second kappa shape index (κ2) is 4.17. The van der Waals surface area contributed by atoms with Gasteiger partial charge in [0.05, 0.1) is 0 Å². The normalized spacial score (nSPS) is 11.2. The SMILES string of the molecule is Cc1c[nH]c2ncc(-c3ccc4cnccc4c3)cc12. The molecular formula is C17H13N3. The van der Waals surface area contributed by atoms with Gasteiger partial charge in [0.2, 0.25) is 0 Å². The van der Waals surface area contributed by atoms with Crippen LogP contribution in [0.2, 0.25) is 0 Å². The lowest BCUT2D eigenvalue weighted by atomic mass is 10.0. The molecule has 0 fully saturated rings. The first-order valence-electron chi connectivity index (χ1n) is 6.59. The van der Waals surface area contributed by atoms with Crippen LogP contribution in [-0.2, 0) is 0 Å². The van der Waals surface area contributed by atoms with E-state index < -0.39 is 0 Å². The Morgan fingerprint density at radius 1 is 0.950 bits per heavy atom. The van der Waals surface area contributed by atoms with Gasteiger partial charge in [-0.2, -0.15) is 0 Å². The molecule has 3 aromatic heterocycles. The highest BCUT2D eigenvalue weighted by molar-refractivity contribution is 5.89. The summed E-state index contributed by atoms with van der Waals surface area (Å²) in [6, 6.07) is 10.6. The number of pyridine rings is 2. The first-order valence-corrected chi connectivity index (χ1v) is 6.59. The van der Waals surface area contributed by atoms with Crippen LogP contribution >= 0.6 is 0 Å². The van der Waals surface area contributed by atoms with Crippen LogP contribution in [0.4, 0.5) is 0 Å². The van der Waals surface area contributed by atoms with Gasteiger partial charge in [0.15, 0.2) is 0 Å². The average Bonchev–Trinajstić information content (AvgIpc) is 2.88. The first-order chi connectivity index (χ1) is 9.81. The largest absolute Gasteiger partial charge is 0.346 e. The van der Waals surface area contributed by atoms with Crippen molar-refractivity contribution in [2.75, 3.05) is 0 Å².